The molecule has 0 spiro atoms. The Kier molecular flexibility index (Phi) is 5.22. The molecule has 0 aliphatic carbocycles. The van der Waals surface area contributed by atoms with Gasteiger partial charge in [-0.2, -0.15) is 0 Å². The van der Waals surface area contributed by atoms with Gasteiger partial charge in [0.1, 0.15) is 5.82 Å². The van der Waals surface area contributed by atoms with Gasteiger partial charge in [0.25, 0.3) is 0 Å². The van der Waals surface area contributed by atoms with Crippen molar-refractivity contribution < 1.29 is 9.13 Å². The summed E-state index contributed by atoms with van der Waals surface area (Å²) in [5, 5.41) is 3.34. The lowest BCUT2D eigenvalue weighted by Crippen LogP contribution is -2.25. The zero-order valence-electron chi connectivity index (χ0n) is 12.6. The van der Waals surface area contributed by atoms with Crippen molar-refractivity contribution in [2.75, 3.05) is 13.7 Å². The minimum Gasteiger partial charge on any atom is -0.494 e. The van der Waals surface area contributed by atoms with Gasteiger partial charge in [-0.05, 0) is 43.1 Å². The van der Waals surface area contributed by atoms with E-state index in [1.54, 1.807) is 18.5 Å². The van der Waals surface area contributed by atoms with E-state index in [0.29, 0.717) is 6.42 Å². The molecule has 2 rings (SSSR count). The Morgan fingerprint density at radius 1 is 1.29 bits per heavy atom. The van der Waals surface area contributed by atoms with Crippen LogP contribution in [0.1, 0.15) is 29.9 Å². The maximum atomic E-state index is 13.8. The summed E-state index contributed by atoms with van der Waals surface area (Å²) in [6.07, 6.45) is 4.21. The molecule has 0 radical (unpaired) electrons. The third-order valence-electron chi connectivity index (χ3n) is 3.22. The number of aromatic nitrogens is 2. The average Bonchev–Trinajstić information content (AvgIpc) is 2.48. The van der Waals surface area contributed by atoms with Crippen molar-refractivity contribution in [3.63, 3.8) is 0 Å². The number of nitrogens with one attached hydrogen (secondary N) is 1. The molecule has 0 saturated carbocycles. The molecule has 0 aliphatic heterocycles. The highest BCUT2D eigenvalue weighted by Gasteiger charge is 2.15. The molecule has 1 unspecified atom stereocenters. The molecule has 1 N–H and O–H groups in total. The second-order valence-electron chi connectivity index (χ2n) is 4.90. The summed E-state index contributed by atoms with van der Waals surface area (Å²) >= 11 is 0. The predicted octanol–water partition coefficient (Wildman–Crippen LogP) is 2.83. The highest BCUT2D eigenvalue weighted by molar-refractivity contribution is 5.30. The van der Waals surface area contributed by atoms with Gasteiger partial charge in [-0.3, -0.25) is 0 Å². The smallest absolute Gasteiger partial charge is 0.165 e. The zero-order valence-corrected chi connectivity index (χ0v) is 12.6. The molecule has 21 heavy (non-hydrogen) atoms. The van der Waals surface area contributed by atoms with Crippen molar-refractivity contribution in [1.29, 1.82) is 0 Å². The number of hydrogen-bond donors (Lipinski definition) is 1. The molecular weight excluding hydrogens is 269 g/mol. The summed E-state index contributed by atoms with van der Waals surface area (Å²) < 4.78 is 18.7. The fraction of sp³-hybridized carbons (Fsp3) is 0.375. The second-order valence-corrected chi connectivity index (χ2v) is 4.90. The molecule has 1 heterocycles. The Hall–Kier alpha value is -2.01. The van der Waals surface area contributed by atoms with Crippen molar-refractivity contribution in [3.05, 3.63) is 53.4 Å². The van der Waals surface area contributed by atoms with Gasteiger partial charge < -0.3 is 10.1 Å². The summed E-state index contributed by atoms with van der Waals surface area (Å²) in [4.78, 5) is 8.71. The molecule has 5 heteroatoms. The first-order valence-electron chi connectivity index (χ1n) is 6.98. The molecule has 0 amide bonds. The van der Waals surface area contributed by atoms with Crippen molar-refractivity contribution in [3.8, 4) is 5.75 Å². The van der Waals surface area contributed by atoms with Gasteiger partial charge in [-0.15, -0.1) is 0 Å². The van der Waals surface area contributed by atoms with Crippen molar-refractivity contribution in [2.45, 2.75) is 26.3 Å². The van der Waals surface area contributed by atoms with Gasteiger partial charge in [-0.25, -0.2) is 14.4 Å². The van der Waals surface area contributed by atoms with Gasteiger partial charge in [0.15, 0.2) is 11.6 Å². The standard InChI is InChI=1S/C16H20FN3O/c1-4-18-14(16-19-9-11(2)10-20-16)8-12-5-6-15(21-3)13(17)7-12/h5-7,9-10,14,18H,4,8H2,1-3H3. The van der Waals surface area contributed by atoms with Crippen LogP contribution in [0.5, 0.6) is 5.75 Å². The van der Waals surface area contributed by atoms with Crippen molar-refractivity contribution >= 4 is 0 Å². The number of rotatable bonds is 6. The largest absolute Gasteiger partial charge is 0.494 e. The number of benzene rings is 1. The predicted molar refractivity (Wildman–Crippen MR) is 79.8 cm³/mol. The molecule has 1 atom stereocenters. The zero-order chi connectivity index (χ0) is 15.2. The highest BCUT2D eigenvalue weighted by atomic mass is 19.1. The summed E-state index contributed by atoms with van der Waals surface area (Å²) in [5.41, 5.74) is 1.90. The lowest BCUT2D eigenvalue weighted by molar-refractivity contribution is 0.386. The van der Waals surface area contributed by atoms with E-state index < -0.39 is 0 Å². The van der Waals surface area contributed by atoms with Crippen LogP contribution in [0.2, 0.25) is 0 Å². The summed E-state index contributed by atoms with van der Waals surface area (Å²) in [5.74, 6) is 0.624. The lowest BCUT2D eigenvalue weighted by Gasteiger charge is -2.17. The van der Waals surface area contributed by atoms with Gasteiger partial charge in [0.2, 0.25) is 0 Å². The van der Waals surface area contributed by atoms with Crippen LogP contribution in [-0.2, 0) is 6.42 Å². The molecule has 0 fully saturated rings. The molecular formula is C16H20FN3O. The van der Waals surface area contributed by atoms with E-state index in [1.807, 2.05) is 19.9 Å². The minimum atomic E-state index is -0.352. The quantitative estimate of drug-likeness (QED) is 0.888. The number of likely N-dealkylation sites (N-methyl/N-ethyl adjacent to an activating group) is 1. The van der Waals surface area contributed by atoms with E-state index in [1.165, 1.54) is 13.2 Å². The Labute approximate surface area is 124 Å². The maximum Gasteiger partial charge on any atom is 0.165 e. The Bertz CT molecular complexity index is 587. The van der Waals surface area contributed by atoms with E-state index in [9.17, 15) is 4.39 Å². The molecule has 1 aromatic heterocycles. The topological polar surface area (TPSA) is 47.0 Å². The van der Waals surface area contributed by atoms with E-state index in [4.69, 9.17) is 4.74 Å². The van der Waals surface area contributed by atoms with Gasteiger partial charge in [0.05, 0.1) is 13.2 Å². The number of ether oxygens (including phenoxy) is 1. The fourth-order valence-corrected chi connectivity index (χ4v) is 2.16. The normalized spacial score (nSPS) is 12.2. The number of halogens is 1. The summed E-state index contributed by atoms with van der Waals surface area (Å²) in [6, 6.07) is 4.96. The van der Waals surface area contributed by atoms with Crippen LogP contribution in [0.3, 0.4) is 0 Å². The van der Waals surface area contributed by atoms with Gasteiger partial charge >= 0.3 is 0 Å². The van der Waals surface area contributed by atoms with E-state index in [2.05, 4.69) is 15.3 Å². The number of hydrogen-bond acceptors (Lipinski definition) is 4. The number of aryl methyl sites for hydroxylation is 1. The van der Waals surface area contributed by atoms with E-state index in [-0.39, 0.29) is 17.6 Å². The van der Waals surface area contributed by atoms with Crippen LogP contribution in [-0.4, -0.2) is 23.6 Å². The monoisotopic (exact) mass is 289 g/mol. The fourth-order valence-electron chi connectivity index (χ4n) is 2.16. The molecule has 112 valence electrons. The summed E-state index contributed by atoms with van der Waals surface area (Å²) in [7, 11) is 1.46. The first-order valence-corrected chi connectivity index (χ1v) is 6.98. The molecule has 0 bridgehead atoms. The van der Waals surface area contributed by atoms with Crippen LogP contribution in [0.25, 0.3) is 0 Å². The first-order chi connectivity index (χ1) is 10.1. The van der Waals surface area contributed by atoms with Crippen LogP contribution < -0.4 is 10.1 Å². The third-order valence-corrected chi connectivity index (χ3v) is 3.22. The van der Waals surface area contributed by atoms with Crippen LogP contribution in [0, 0.1) is 12.7 Å². The van der Waals surface area contributed by atoms with Crippen LogP contribution in [0.15, 0.2) is 30.6 Å². The second kappa shape index (κ2) is 7.13. The van der Waals surface area contributed by atoms with Gasteiger partial charge in [0, 0.05) is 12.4 Å². The first kappa shape index (κ1) is 15.4. The number of methoxy groups -OCH3 is 1. The Balaban J connectivity index is 2.19. The highest BCUT2D eigenvalue weighted by Crippen LogP contribution is 2.21. The van der Waals surface area contributed by atoms with Crippen LogP contribution in [0.4, 0.5) is 4.39 Å². The van der Waals surface area contributed by atoms with E-state index in [0.717, 1.165) is 23.5 Å². The third kappa shape index (κ3) is 3.98. The lowest BCUT2D eigenvalue weighted by atomic mass is 10.0. The molecule has 2 aromatic rings. The minimum absolute atomic E-state index is 0.0385. The van der Waals surface area contributed by atoms with Gasteiger partial charge in [-0.1, -0.05) is 13.0 Å². The maximum absolute atomic E-state index is 13.8. The van der Waals surface area contributed by atoms with E-state index >= 15 is 0 Å². The van der Waals surface area contributed by atoms with Crippen molar-refractivity contribution in [1.82, 2.24) is 15.3 Å². The van der Waals surface area contributed by atoms with Crippen molar-refractivity contribution in [2.24, 2.45) is 0 Å². The molecule has 1 aromatic carbocycles. The Morgan fingerprint density at radius 3 is 2.57 bits per heavy atom. The molecule has 4 nitrogen and oxygen atoms in total. The van der Waals surface area contributed by atoms with Crippen LogP contribution >= 0.6 is 0 Å². The average molecular weight is 289 g/mol. The molecule has 0 saturated heterocycles. The summed E-state index contributed by atoms with van der Waals surface area (Å²) in [6.45, 7) is 4.77. The number of nitrogens with zero attached hydrogens (tertiary/aromatic N) is 2. The molecule has 0 aliphatic rings. The Morgan fingerprint density at radius 2 is 2.00 bits per heavy atom. The SMILES string of the molecule is CCNC(Cc1ccc(OC)c(F)c1)c1ncc(C)cn1.